The Balaban J connectivity index is 2.04. The molecular weight excluding hydrogens is 303 g/mol. The molecule has 2 unspecified atom stereocenters. The minimum absolute atomic E-state index is 0.0221. The van der Waals surface area contributed by atoms with Gasteiger partial charge in [-0.1, -0.05) is 0 Å². The number of ether oxygens (including phenoxy) is 1. The van der Waals surface area contributed by atoms with Crippen LogP contribution in [0.5, 0.6) is 0 Å². The lowest BCUT2D eigenvalue weighted by Gasteiger charge is -2.16. The van der Waals surface area contributed by atoms with Crippen LogP contribution in [0.2, 0.25) is 0 Å². The maximum absolute atomic E-state index is 13.1. The molecule has 1 heterocycles. The van der Waals surface area contributed by atoms with Crippen molar-refractivity contribution >= 4 is 27.5 Å². The smallest absolute Gasteiger partial charge is 0.231 e. The van der Waals surface area contributed by atoms with E-state index in [9.17, 15) is 9.18 Å². The molecule has 0 aliphatic carbocycles. The summed E-state index contributed by atoms with van der Waals surface area (Å²) < 4.78 is 18.7. The molecule has 0 spiro atoms. The Labute approximate surface area is 113 Å². The largest absolute Gasteiger partial charge is 0.379 e. The molecule has 18 heavy (non-hydrogen) atoms. The molecular formula is C12H14BrFN2O2. The van der Waals surface area contributed by atoms with Crippen LogP contribution in [0, 0.1) is 11.7 Å². The van der Waals surface area contributed by atoms with Gasteiger partial charge >= 0.3 is 0 Å². The summed E-state index contributed by atoms with van der Waals surface area (Å²) in [5, 5.41) is 5.81. The van der Waals surface area contributed by atoms with Crippen molar-refractivity contribution in [2.24, 2.45) is 5.92 Å². The van der Waals surface area contributed by atoms with Crippen LogP contribution in [0.15, 0.2) is 22.7 Å². The number of hydrogen-bond acceptors (Lipinski definition) is 3. The van der Waals surface area contributed by atoms with Gasteiger partial charge in [-0.05, 0) is 41.2 Å². The van der Waals surface area contributed by atoms with Crippen LogP contribution in [0.3, 0.4) is 0 Å². The van der Waals surface area contributed by atoms with Crippen LogP contribution in [-0.2, 0) is 9.53 Å². The van der Waals surface area contributed by atoms with Gasteiger partial charge in [0.2, 0.25) is 5.91 Å². The van der Waals surface area contributed by atoms with E-state index in [-0.39, 0.29) is 23.7 Å². The van der Waals surface area contributed by atoms with Gasteiger partial charge in [-0.2, -0.15) is 0 Å². The Hall–Kier alpha value is -0.980. The predicted octanol–water partition coefficient (Wildman–Crippen LogP) is 1.76. The zero-order chi connectivity index (χ0) is 13.1. The molecule has 6 heteroatoms. The first-order valence-corrected chi connectivity index (χ1v) is 6.42. The number of amides is 1. The summed E-state index contributed by atoms with van der Waals surface area (Å²) in [7, 11) is 1.80. The number of hydrogen-bond donors (Lipinski definition) is 2. The summed E-state index contributed by atoms with van der Waals surface area (Å²) in [4.78, 5) is 12.0. The minimum Gasteiger partial charge on any atom is -0.379 e. The molecule has 2 atom stereocenters. The van der Waals surface area contributed by atoms with E-state index in [2.05, 4.69) is 26.6 Å². The van der Waals surface area contributed by atoms with Gasteiger partial charge in [-0.25, -0.2) is 4.39 Å². The summed E-state index contributed by atoms with van der Waals surface area (Å²) in [6.07, 6.45) is 0. The van der Waals surface area contributed by atoms with Gasteiger partial charge in [-0.15, -0.1) is 0 Å². The highest BCUT2D eigenvalue weighted by Gasteiger charge is 2.32. The summed E-state index contributed by atoms with van der Waals surface area (Å²) in [6.45, 7) is 0.932. The third-order valence-corrected chi connectivity index (χ3v) is 3.58. The van der Waals surface area contributed by atoms with E-state index in [0.29, 0.717) is 23.4 Å². The number of likely N-dealkylation sites (N-methyl/N-ethyl adjacent to an activating group) is 1. The normalized spacial score (nSPS) is 23.1. The van der Waals surface area contributed by atoms with Crippen molar-refractivity contribution in [2.45, 2.75) is 6.04 Å². The van der Waals surface area contributed by atoms with E-state index in [1.165, 1.54) is 18.2 Å². The highest BCUT2D eigenvalue weighted by Crippen LogP contribution is 2.21. The van der Waals surface area contributed by atoms with E-state index in [1.54, 1.807) is 7.05 Å². The number of anilines is 1. The molecule has 0 radical (unpaired) electrons. The third-order valence-electron chi connectivity index (χ3n) is 2.98. The van der Waals surface area contributed by atoms with E-state index in [0.717, 1.165) is 0 Å². The Kier molecular flexibility index (Phi) is 4.31. The van der Waals surface area contributed by atoms with Crippen LogP contribution in [0.4, 0.5) is 10.1 Å². The van der Waals surface area contributed by atoms with Gasteiger partial charge in [-0.3, -0.25) is 4.79 Å². The Morgan fingerprint density at radius 2 is 2.28 bits per heavy atom. The lowest BCUT2D eigenvalue weighted by Crippen LogP contribution is -2.39. The Morgan fingerprint density at radius 1 is 1.50 bits per heavy atom. The highest BCUT2D eigenvalue weighted by atomic mass is 79.9. The number of benzene rings is 1. The zero-order valence-electron chi connectivity index (χ0n) is 9.87. The van der Waals surface area contributed by atoms with E-state index in [4.69, 9.17) is 4.74 Å². The maximum atomic E-state index is 13.1. The molecule has 1 fully saturated rings. The summed E-state index contributed by atoms with van der Waals surface area (Å²) >= 11 is 3.08. The second-order valence-electron chi connectivity index (χ2n) is 4.16. The third kappa shape index (κ3) is 2.88. The molecule has 1 aliphatic rings. The van der Waals surface area contributed by atoms with Gasteiger partial charge in [0.15, 0.2) is 0 Å². The molecule has 4 nitrogen and oxygen atoms in total. The van der Waals surface area contributed by atoms with Crippen LogP contribution in [-0.4, -0.2) is 32.2 Å². The van der Waals surface area contributed by atoms with E-state index >= 15 is 0 Å². The molecule has 0 bridgehead atoms. The Morgan fingerprint density at radius 3 is 2.94 bits per heavy atom. The first-order chi connectivity index (χ1) is 8.61. The molecule has 2 rings (SSSR count). The van der Waals surface area contributed by atoms with Gasteiger partial charge < -0.3 is 15.4 Å². The fourth-order valence-corrected chi connectivity index (χ4v) is 2.28. The molecule has 1 aromatic rings. The topological polar surface area (TPSA) is 50.4 Å². The highest BCUT2D eigenvalue weighted by molar-refractivity contribution is 9.10. The average molecular weight is 317 g/mol. The van der Waals surface area contributed by atoms with Gasteiger partial charge in [0.05, 0.1) is 23.6 Å². The number of halogens is 2. The summed E-state index contributed by atoms with van der Waals surface area (Å²) in [6, 6.07) is 4.40. The van der Waals surface area contributed by atoms with Crippen molar-refractivity contribution < 1.29 is 13.9 Å². The SMILES string of the molecule is CNC1COCC1C(=O)Nc1ccc(F)c(Br)c1. The maximum Gasteiger partial charge on any atom is 0.231 e. The van der Waals surface area contributed by atoms with Crippen LogP contribution in [0.1, 0.15) is 0 Å². The van der Waals surface area contributed by atoms with E-state index in [1.807, 2.05) is 0 Å². The summed E-state index contributed by atoms with van der Waals surface area (Å²) in [5.41, 5.74) is 0.565. The quantitative estimate of drug-likeness (QED) is 0.893. The Bertz CT molecular complexity index is 456. The average Bonchev–Trinajstić information content (AvgIpc) is 2.82. The second-order valence-corrected chi connectivity index (χ2v) is 5.01. The van der Waals surface area contributed by atoms with Gasteiger partial charge in [0, 0.05) is 11.7 Å². The minimum atomic E-state index is -0.356. The van der Waals surface area contributed by atoms with Crippen LogP contribution in [0.25, 0.3) is 0 Å². The molecule has 1 amide bonds. The molecule has 1 aromatic carbocycles. The van der Waals surface area contributed by atoms with E-state index < -0.39 is 0 Å². The predicted molar refractivity (Wildman–Crippen MR) is 69.9 cm³/mol. The number of rotatable bonds is 3. The first kappa shape index (κ1) is 13.5. The van der Waals surface area contributed by atoms with Crippen molar-refractivity contribution in [2.75, 3.05) is 25.6 Å². The first-order valence-electron chi connectivity index (χ1n) is 5.62. The van der Waals surface area contributed by atoms with Crippen molar-refractivity contribution in [3.63, 3.8) is 0 Å². The monoisotopic (exact) mass is 316 g/mol. The molecule has 1 aliphatic heterocycles. The molecule has 0 aromatic heterocycles. The van der Waals surface area contributed by atoms with Gasteiger partial charge in [0.1, 0.15) is 5.82 Å². The number of nitrogens with one attached hydrogen (secondary N) is 2. The van der Waals surface area contributed by atoms with Gasteiger partial charge in [0.25, 0.3) is 0 Å². The van der Waals surface area contributed by atoms with Crippen LogP contribution >= 0.6 is 15.9 Å². The van der Waals surface area contributed by atoms with Crippen molar-refractivity contribution in [1.29, 1.82) is 0 Å². The fraction of sp³-hybridized carbons (Fsp3) is 0.417. The zero-order valence-corrected chi connectivity index (χ0v) is 11.5. The molecule has 2 N–H and O–H groups in total. The van der Waals surface area contributed by atoms with Crippen LogP contribution < -0.4 is 10.6 Å². The molecule has 98 valence electrons. The summed E-state index contributed by atoms with van der Waals surface area (Å²) in [5.74, 6) is -0.700. The standard InChI is InChI=1S/C12H14BrFN2O2/c1-15-11-6-18-5-8(11)12(17)16-7-2-3-10(14)9(13)4-7/h2-4,8,11,15H,5-6H2,1H3,(H,16,17). The lowest BCUT2D eigenvalue weighted by atomic mass is 10.0. The second kappa shape index (κ2) is 5.77. The number of carbonyl (C=O) groups is 1. The number of carbonyl (C=O) groups excluding carboxylic acids is 1. The van der Waals surface area contributed by atoms with Crippen molar-refractivity contribution in [1.82, 2.24) is 5.32 Å². The molecule has 0 saturated carbocycles. The lowest BCUT2D eigenvalue weighted by molar-refractivity contribution is -0.120. The fourth-order valence-electron chi connectivity index (χ4n) is 1.91. The van der Waals surface area contributed by atoms with Crippen molar-refractivity contribution in [3.8, 4) is 0 Å². The van der Waals surface area contributed by atoms with Crippen molar-refractivity contribution in [3.05, 3.63) is 28.5 Å². The molecule has 1 saturated heterocycles.